The minimum atomic E-state index is 0.700. The molecule has 9 aromatic carbocycles. The first-order chi connectivity index (χ1) is 30.3. The van der Waals surface area contributed by atoms with Crippen LogP contribution in [0.3, 0.4) is 0 Å². The van der Waals surface area contributed by atoms with Crippen LogP contribution in [0.15, 0.2) is 212 Å². The highest BCUT2D eigenvalue weighted by Gasteiger charge is 2.21. The predicted molar refractivity (Wildman–Crippen MR) is 253 cm³/mol. The normalized spacial score (nSPS) is 11.9. The maximum absolute atomic E-state index is 5.38. The average molecular weight is 778 g/mol. The molecule has 0 atom stereocenters. The molecule has 0 spiro atoms. The molecule has 0 aliphatic heterocycles. The Labute approximate surface area is 350 Å². The molecular formula is C56H35N5. The van der Waals surface area contributed by atoms with Crippen LogP contribution in [0.5, 0.6) is 0 Å². The number of hydrogen-bond donors (Lipinski definition) is 0. The Balaban J connectivity index is 1.09. The van der Waals surface area contributed by atoms with Crippen molar-refractivity contribution in [2.24, 2.45) is 0 Å². The third-order valence-electron chi connectivity index (χ3n) is 12.4. The summed E-state index contributed by atoms with van der Waals surface area (Å²) in [6.45, 7) is 0. The van der Waals surface area contributed by atoms with Gasteiger partial charge in [-0.25, -0.2) is 9.97 Å². The number of aromatic nitrogens is 5. The molecule has 13 rings (SSSR count). The molecule has 284 valence electrons. The standard InChI is InChI=1S/C56H35N5/c1-3-15-36(16-4-1)55-57-48-23-11-7-22-44(48)56(58-55)61-53-31-28-38(37-27-30-52-45(33-37)43-21-10-14-26-51(43)59(52)39-17-5-2-6-18-39)34-46(53)47-35-40(29-32-54(47)61)60-49-24-12-8-19-41(49)42-20-9-13-25-50(42)60/h1-35H. The molecule has 0 amide bonds. The molecule has 4 aromatic heterocycles. The number of fused-ring (bicyclic) bond motifs is 10. The second-order valence-corrected chi connectivity index (χ2v) is 15.8. The second-order valence-electron chi connectivity index (χ2n) is 15.8. The Morgan fingerprint density at radius 3 is 1.34 bits per heavy atom. The summed E-state index contributed by atoms with van der Waals surface area (Å²) in [6.07, 6.45) is 0. The van der Waals surface area contributed by atoms with E-state index in [0.717, 1.165) is 61.0 Å². The molecule has 0 bridgehead atoms. The van der Waals surface area contributed by atoms with Crippen LogP contribution in [-0.4, -0.2) is 23.7 Å². The maximum Gasteiger partial charge on any atom is 0.162 e. The van der Waals surface area contributed by atoms with Gasteiger partial charge in [-0.2, -0.15) is 0 Å². The van der Waals surface area contributed by atoms with E-state index in [1.165, 1.54) is 49.2 Å². The number of rotatable bonds is 5. The first kappa shape index (κ1) is 33.7. The molecule has 5 nitrogen and oxygen atoms in total. The fraction of sp³-hybridized carbons (Fsp3) is 0. The van der Waals surface area contributed by atoms with Gasteiger partial charge in [-0.1, -0.05) is 127 Å². The summed E-state index contributed by atoms with van der Waals surface area (Å²) in [6, 6.07) is 76.2. The van der Waals surface area contributed by atoms with Crippen molar-refractivity contribution in [2.45, 2.75) is 0 Å². The van der Waals surface area contributed by atoms with Gasteiger partial charge in [-0.15, -0.1) is 0 Å². The van der Waals surface area contributed by atoms with Crippen LogP contribution < -0.4 is 0 Å². The van der Waals surface area contributed by atoms with Crippen molar-refractivity contribution in [1.82, 2.24) is 23.7 Å². The van der Waals surface area contributed by atoms with Crippen LogP contribution in [0.2, 0.25) is 0 Å². The summed E-state index contributed by atoms with van der Waals surface area (Å²) in [5, 5.41) is 8.26. The molecule has 0 saturated heterocycles. The molecule has 0 N–H and O–H groups in total. The third-order valence-corrected chi connectivity index (χ3v) is 12.4. The molecule has 0 aliphatic rings. The molecule has 0 aliphatic carbocycles. The lowest BCUT2D eigenvalue weighted by molar-refractivity contribution is 1.07. The predicted octanol–water partition coefficient (Wildman–Crippen LogP) is 14.3. The van der Waals surface area contributed by atoms with Crippen LogP contribution >= 0.6 is 0 Å². The highest BCUT2D eigenvalue weighted by Crippen LogP contribution is 2.41. The number of hydrogen-bond acceptors (Lipinski definition) is 2. The Kier molecular flexibility index (Phi) is 7.24. The Hall–Kier alpha value is -8.28. The van der Waals surface area contributed by atoms with Crippen molar-refractivity contribution in [2.75, 3.05) is 0 Å². The molecule has 4 heterocycles. The van der Waals surface area contributed by atoms with Crippen molar-refractivity contribution in [3.8, 4) is 39.7 Å². The Bertz CT molecular complexity index is 3820. The molecule has 13 aromatic rings. The lowest BCUT2D eigenvalue weighted by Crippen LogP contribution is -2.02. The lowest BCUT2D eigenvalue weighted by Gasteiger charge is -2.13. The summed E-state index contributed by atoms with van der Waals surface area (Å²) in [5.41, 5.74) is 13.4. The molecule has 0 unspecified atom stereocenters. The van der Waals surface area contributed by atoms with Crippen LogP contribution in [0.25, 0.3) is 116 Å². The van der Waals surface area contributed by atoms with E-state index < -0.39 is 0 Å². The van der Waals surface area contributed by atoms with E-state index in [0.29, 0.717) is 5.82 Å². The first-order valence-electron chi connectivity index (χ1n) is 20.8. The van der Waals surface area contributed by atoms with E-state index in [9.17, 15) is 0 Å². The van der Waals surface area contributed by atoms with Gasteiger partial charge in [0.2, 0.25) is 0 Å². The van der Waals surface area contributed by atoms with E-state index in [2.05, 4.69) is 208 Å². The largest absolute Gasteiger partial charge is 0.309 e. The zero-order valence-electron chi connectivity index (χ0n) is 32.9. The smallest absolute Gasteiger partial charge is 0.162 e. The maximum atomic E-state index is 5.38. The van der Waals surface area contributed by atoms with Gasteiger partial charge in [-0.3, -0.25) is 4.57 Å². The van der Waals surface area contributed by atoms with Gasteiger partial charge in [0.05, 0.1) is 38.6 Å². The SMILES string of the molecule is c1ccc(-c2nc(-n3c4ccc(-c5ccc6c(c5)c5ccccc5n6-c5ccccc5)cc4c4cc(-n5c6ccccc6c6ccccc65)ccc43)c3ccccc3n2)cc1. The Morgan fingerprint density at radius 2 is 0.705 bits per heavy atom. The molecule has 0 radical (unpaired) electrons. The van der Waals surface area contributed by atoms with Crippen LogP contribution in [0.1, 0.15) is 0 Å². The van der Waals surface area contributed by atoms with E-state index >= 15 is 0 Å². The quantitative estimate of drug-likeness (QED) is 0.175. The second kappa shape index (κ2) is 13.1. The number of nitrogens with zero attached hydrogens (tertiary/aromatic N) is 5. The van der Waals surface area contributed by atoms with Crippen molar-refractivity contribution < 1.29 is 0 Å². The number of benzene rings is 9. The van der Waals surface area contributed by atoms with E-state index in [1.54, 1.807) is 0 Å². The molecule has 0 fully saturated rings. The van der Waals surface area contributed by atoms with Crippen LogP contribution in [0, 0.1) is 0 Å². The summed E-state index contributed by atoms with van der Waals surface area (Å²) in [4.78, 5) is 10.5. The molecule has 5 heteroatoms. The zero-order chi connectivity index (χ0) is 40.0. The van der Waals surface area contributed by atoms with Gasteiger partial charge in [0.25, 0.3) is 0 Å². The van der Waals surface area contributed by atoms with Crippen molar-refractivity contribution in [3.05, 3.63) is 212 Å². The number of para-hydroxylation sites is 5. The molecule has 61 heavy (non-hydrogen) atoms. The van der Waals surface area contributed by atoms with Crippen molar-refractivity contribution >= 4 is 76.3 Å². The van der Waals surface area contributed by atoms with Crippen LogP contribution in [-0.2, 0) is 0 Å². The van der Waals surface area contributed by atoms with Crippen molar-refractivity contribution in [3.63, 3.8) is 0 Å². The summed E-state index contributed by atoms with van der Waals surface area (Å²) in [7, 11) is 0. The third kappa shape index (κ3) is 5.08. The topological polar surface area (TPSA) is 40.6 Å². The molecule has 0 saturated carbocycles. The van der Waals surface area contributed by atoms with Gasteiger partial charge in [-0.05, 0) is 96.1 Å². The van der Waals surface area contributed by atoms with Gasteiger partial charge in [0.15, 0.2) is 5.82 Å². The fourth-order valence-electron chi connectivity index (χ4n) is 9.71. The summed E-state index contributed by atoms with van der Waals surface area (Å²) >= 11 is 0. The minimum absolute atomic E-state index is 0.700. The van der Waals surface area contributed by atoms with Gasteiger partial charge >= 0.3 is 0 Å². The highest BCUT2D eigenvalue weighted by atomic mass is 15.1. The average Bonchev–Trinajstić information content (AvgIpc) is 3.96. The summed E-state index contributed by atoms with van der Waals surface area (Å²) < 4.78 is 7.12. The van der Waals surface area contributed by atoms with Crippen LogP contribution in [0.4, 0.5) is 0 Å². The highest BCUT2D eigenvalue weighted by molar-refractivity contribution is 6.15. The zero-order valence-corrected chi connectivity index (χ0v) is 32.9. The van der Waals surface area contributed by atoms with Gasteiger partial charge < -0.3 is 9.13 Å². The first-order valence-corrected chi connectivity index (χ1v) is 20.8. The van der Waals surface area contributed by atoms with Crippen molar-refractivity contribution in [1.29, 1.82) is 0 Å². The summed E-state index contributed by atoms with van der Waals surface area (Å²) in [5.74, 6) is 1.56. The minimum Gasteiger partial charge on any atom is -0.309 e. The van der Waals surface area contributed by atoms with E-state index in [-0.39, 0.29) is 0 Å². The van der Waals surface area contributed by atoms with E-state index in [4.69, 9.17) is 9.97 Å². The van der Waals surface area contributed by atoms with Gasteiger partial charge in [0, 0.05) is 54.6 Å². The Morgan fingerprint density at radius 1 is 0.262 bits per heavy atom. The van der Waals surface area contributed by atoms with E-state index in [1.807, 2.05) is 18.2 Å². The molecular weight excluding hydrogens is 743 g/mol. The fourth-order valence-corrected chi connectivity index (χ4v) is 9.71. The lowest BCUT2D eigenvalue weighted by atomic mass is 10.0. The van der Waals surface area contributed by atoms with Gasteiger partial charge in [0.1, 0.15) is 5.82 Å². The monoisotopic (exact) mass is 777 g/mol.